The predicted molar refractivity (Wildman–Crippen MR) is 80.4 cm³/mol. The van der Waals surface area contributed by atoms with Gasteiger partial charge in [-0.2, -0.15) is 4.31 Å². The number of methoxy groups -OCH3 is 1. The summed E-state index contributed by atoms with van der Waals surface area (Å²) >= 11 is 0. The summed E-state index contributed by atoms with van der Waals surface area (Å²) in [6.07, 6.45) is 1.71. The Balaban J connectivity index is 0.00000200. The summed E-state index contributed by atoms with van der Waals surface area (Å²) in [5, 5.41) is 0. The number of hydrogen-bond acceptors (Lipinski definition) is 4. The molecule has 5 nitrogen and oxygen atoms in total. The van der Waals surface area contributed by atoms with Crippen molar-refractivity contribution in [3.63, 3.8) is 0 Å². The molecule has 0 amide bonds. The smallest absolute Gasteiger partial charge is 0.243 e. The molecular formula is C13H21ClN2O3S. The molecule has 0 bridgehead atoms. The lowest BCUT2D eigenvalue weighted by Crippen LogP contribution is -2.39. The zero-order valence-electron chi connectivity index (χ0n) is 11.5. The minimum Gasteiger partial charge on any atom is -0.380 e. The highest BCUT2D eigenvalue weighted by Gasteiger charge is 2.34. The van der Waals surface area contributed by atoms with Crippen molar-refractivity contribution in [3.05, 3.63) is 29.8 Å². The molecule has 114 valence electrons. The van der Waals surface area contributed by atoms with Gasteiger partial charge >= 0.3 is 0 Å². The molecule has 1 atom stereocenters. The van der Waals surface area contributed by atoms with Crippen LogP contribution in [0.25, 0.3) is 0 Å². The number of ether oxygens (including phenoxy) is 1. The lowest BCUT2D eigenvalue weighted by Gasteiger charge is -2.23. The average Bonchev–Trinajstić information content (AvgIpc) is 2.88. The van der Waals surface area contributed by atoms with Crippen LogP contribution in [0, 0.1) is 0 Å². The SMILES string of the molecule is COCc1cccc(S(=O)(=O)N2CCCC2CN)c1.Cl. The normalized spacial score (nSPS) is 19.8. The second-order valence-corrected chi connectivity index (χ2v) is 6.62. The Morgan fingerprint density at radius 3 is 2.85 bits per heavy atom. The lowest BCUT2D eigenvalue weighted by atomic mass is 10.2. The van der Waals surface area contributed by atoms with Crippen molar-refractivity contribution in [2.75, 3.05) is 20.2 Å². The second kappa shape index (κ2) is 7.38. The third kappa shape index (κ3) is 3.51. The third-order valence-corrected chi connectivity index (χ3v) is 5.36. The Hall–Kier alpha value is -0.660. The molecule has 0 spiro atoms. The van der Waals surface area contributed by atoms with Gasteiger partial charge in [-0.25, -0.2) is 8.42 Å². The summed E-state index contributed by atoms with van der Waals surface area (Å²) in [4.78, 5) is 0.322. The first-order valence-corrected chi connectivity index (χ1v) is 7.83. The largest absolute Gasteiger partial charge is 0.380 e. The molecule has 1 heterocycles. The molecule has 0 saturated carbocycles. The summed E-state index contributed by atoms with van der Waals surface area (Å²) in [5.74, 6) is 0. The van der Waals surface area contributed by atoms with Crippen molar-refractivity contribution in [2.24, 2.45) is 5.73 Å². The maximum Gasteiger partial charge on any atom is 0.243 e. The van der Waals surface area contributed by atoms with E-state index in [1.54, 1.807) is 25.3 Å². The van der Waals surface area contributed by atoms with Crippen LogP contribution in [0.3, 0.4) is 0 Å². The van der Waals surface area contributed by atoms with E-state index in [4.69, 9.17) is 10.5 Å². The average molecular weight is 321 g/mol. The van der Waals surface area contributed by atoms with E-state index in [0.717, 1.165) is 18.4 Å². The zero-order chi connectivity index (χ0) is 13.9. The number of benzene rings is 1. The van der Waals surface area contributed by atoms with E-state index in [9.17, 15) is 8.42 Å². The molecule has 1 fully saturated rings. The first-order valence-electron chi connectivity index (χ1n) is 6.39. The number of rotatable bonds is 5. The predicted octanol–water partition coefficient (Wildman–Crippen LogP) is 1.37. The van der Waals surface area contributed by atoms with Crippen molar-refractivity contribution in [1.82, 2.24) is 4.31 Å². The fraction of sp³-hybridized carbons (Fsp3) is 0.538. The molecule has 2 N–H and O–H groups in total. The second-order valence-electron chi connectivity index (χ2n) is 4.73. The first-order chi connectivity index (χ1) is 9.09. The maximum atomic E-state index is 12.6. The van der Waals surface area contributed by atoms with E-state index in [-0.39, 0.29) is 18.4 Å². The van der Waals surface area contributed by atoms with Crippen LogP contribution >= 0.6 is 12.4 Å². The van der Waals surface area contributed by atoms with Crippen molar-refractivity contribution < 1.29 is 13.2 Å². The van der Waals surface area contributed by atoms with Gasteiger partial charge in [-0.1, -0.05) is 12.1 Å². The molecule has 1 aliphatic heterocycles. The van der Waals surface area contributed by atoms with Gasteiger partial charge in [-0.05, 0) is 30.5 Å². The van der Waals surface area contributed by atoms with Crippen molar-refractivity contribution in [2.45, 2.75) is 30.4 Å². The van der Waals surface area contributed by atoms with Gasteiger partial charge in [0.15, 0.2) is 0 Å². The number of sulfonamides is 1. The molecule has 0 radical (unpaired) electrons. The van der Waals surface area contributed by atoms with Crippen LogP contribution in [-0.2, 0) is 21.4 Å². The van der Waals surface area contributed by atoms with E-state index in [0.29, 0.717) is 24.6 Å². The van der Waals surface area contributed by atoms with Crippen molar-refractivity contribution in [1.29, 1.82) is 0 Å². The van der Waals surface area contributed by atoms with Gasteiger partial charge in [0, 0.05) is 26.2 Å². The number of hydrogen-bond donors (Lipinski definition) is 1. The fourth-order valence-corrected chi connectivity index (χ4v) is 4.23. The molecule has 0 aliphatic carbocycles. The molecule has 0 aromatic heterocycles. The van der Waals surface area contributed by atoms with Gasteiger partial charge in [0.1, 0.15) is 0 Å². The number of nitrogens with two attached hydrogens (primary N) is 1. The van der Waals surface area contributed by atoms with Gasteiger partial charge in [0.25, 0.3) is 0 Å². The van der Waals surface area contributed by atoms with Gasteiger partial charge in [-0.3, -0.25) is 0 Å². The van der Waals surface area contributed by atoms with Gasteiger partial charge < -0.3 is 10.5 Å². The van der Waals surface area contributed by atoms with Crippen LogP contribution in [0.2, 0.25) is 0 Å². The molecule has 1 saturated heterocycles. The molecule has 1 unspecified atom stereocenters. The minimum absolute atomic E-state index is 0. The van der Waals surface area contributed by atoms with E-state index < -0.39 is 10.0 Å². The van der Waals surface area contributed by atoms with Crippen LogP contribution in [0.1, 0.15) is 18.4 Å². The van der Waals surface area contributed by atoms with E-state index in [1.165, 1.54) is 4.31 Å². The van der Waals surface area contributed by atoms with Crippen molar-refractivity contribution in [3.8, 4) is 0 Å². The quantitative estimate of drug-likeness (QED) is 0.889. The summed E-state index contributed by atoms with van der Waals surface area (Å²) in [7, 11) is -1.85. The number of halogens is 1. The molecule has 7 heteroatoms. The van der Waals surface area contributed by atoms with Crippen LogP contribution in [0.5, 0.6) is 0 Å². The fourth-order valence-electron chi connectivity index (χ4n) is 2.46. The molecule has 2 rings (SSSR count). The standard InChI is InChI=1S/C13H20N2O3S.ClH/c1-18-10-11-4-2-6-13(8-11)19(16,17)15-7-3-5-12(15)9-14;/h2,4,6,8,12H,3,5,7,9-10,14H2,1H3;1H. The van der Waals surface area contributed by atoms with Crippen LogP contribution in [0.15, 0.2) is 29.2 Å². The Labute approximate surface area is 126 Å². The van der Waals surface area contributed by atoms with Crippen LogP contribution < -0.4 is 5.73 Å². The molecular weight excluding hydrogens is 300 g/mol. The van der Waals surface area contributed by atoms with E-state index >= 15 is 0 Å². The monoisotopic (exact) mass is 320 g/mol. The zero-order valence-corrected chi connectivity index (χ0v) is 13.1. The highest BCUT2D eigenvalue weighted by atomic mass is 35.5. The minimum atomic E-state index is -3.44. The third-order valence-electron chi connectivity index (χ3n) is 3.41. The lowest BCUT2D eigenvalue weighted by molar-refractivity contribution is 0.184. The molecule has 1 aromatic rings. The van der Waals surface area contributed by atoms with Gasteiger partial charge in [-0.15, -0.1) is 12.4 Å². The first kappa shape index (κ1) is 17.4. The highest BCUT2D eigenvalue weighted by Crippen LogP contribution is 2.26. The molecule has 1 aromatic carbocycles. The van der Waals surface area contributed by atoms with E-state index in [2.05, 4.69) is 0 Å². The Morgan fingerprint density at radius 2 is 2.20 bits per heavy atom. The Kier molecular flexibility index (Phi) is 6.42. The van der Waals surface area contributed by atoms with Crippen LogP contribution in [0.4, 0.5) is 0 Å². The van der Waals surface area contributed by atoms with Gasteiger partial charge in [0.05, 0.1) is 11.5 Å². The Morgan fingerprint density at radius 1 is 1.45 bits per heavy atom. The highest BCUT2D eigenvalue weighted by molar-refractivity contribution is 7.89. The summed E-state index contributed by atoms with van der Waals surface area (Å²) in [5.41, 5.74) is 6.50. The van der Waals surface area contributed by atoms with Gasteiger partial charge in [0.2, 0.25) is 10.0 Å². The van der Waals surface area contributed by atoms with Crippen LogP contribution in [-0.4, -0.2) is 39.0 Å². The molecule has 1 aliphatic rings. The number of nitrogens with zero attached hydrogens (tertiary/aromatic N) is 1. The Bertz CT molecular complexity index is 536. The summed E-state index contributed by atoms with van der Waals surface area (Å²) in [6, 6.07) is 6.82. The van der Waals surface area contributed by atoms with E-state index in [1.807, 2.05) is 6.07 Å². The summed E-state index contributed by atoms with van der Waals surface area (Å²) < 4.78 is 31.7. The van der Waals surface area contributed by atoms with Crippen molar-refractivity contribution >= 4 is 22.4 Å². The maximum absolute atomic E-state index is 12.6. The molecule has 20 heavy (non-hydrogen) atoms. The topological polar surface area (TPSA) is 72.6 Å². The summed E-state index contributed by atoms with van der Waals surface area (Å²) in [6.45, 7) is 1.33.